The number of fused-ring (bicyclic) bond motifs is 4. The largest absolute Gasteiger partial charge is 0.208 e. The van der Waals surface area contributed by atoms with Gasteiger partial charge in [0.25, 0.3) is 0 Å². The smallest absolute Gasteiger partial charge is 0.164 e. The maximum absolute atomic E-state index is 5.05. The molecule has 3 heteroatoms. The summed E-state index contributed by atoms with van der Waals surface area (Å²) in [6.07, 6.45) is 0. The summed E-state index contributed by atoms with van der Waals surface area (Å²) < 4.78 is 0. The predicted octanol–water partition coefficient (Wildman–Crippen LogP) is 15.5. The van der Waals surface area contributed by atoms with E-state index in [1.54, 1.807) is 0 Å². The van der Waals surface area contributed by atoms with E-state index in [4.69, 9.17) is 15.0 Å². The van der Waals surface area contributed by atoms with Crippen LogP contribution in [0.3, 0.4) is 0 Å². The highest BCUT2D eigenvalue weighted by Crippen LogP contribution is 2.49. The molecule has 0 fully saturated rings. The second-order valence-corrected chi connectivity index (χ2v) is 15.9. The first kappa shape index (κ1) is 35.7. The van der Waals surface area contributed by atoms with Gasteiger partial charge in [-0.15, -0.1) is 0 Å². The minimum absolute atomic E-state index is 0.635. The average Bonchev–Trinajstić information content (AvgIpc) is 3.69. The van der Waals surface area contributed by atoms with E-state index < -0.39 is 0 Å². The molecule has 0 bridgehead atoms. The van der Waals surface area contributed by atoms with Crippen LogP contribution in [0.5, 0.6) is 0 Å². The van der Waals surface area contributed by atoms with Gasteiger partial charge in [-0.2, -0.15) is 0 Å². The first-order chi connectivity index (χ1) is 30.7. The first-order valence-corrected chi connectivity index (χ1v) is 21.1. The Morgan fingerprint density at radius 3 is 1.24 bits per heavy atom. The molecule has 1 aliphatic carbocycles. The molecule has 0 saturated heterocycles. The zero-order chi connectivity index (χ0) is 41.0. The summed E-state index contributed by atoms with van der Waals surface area (Å²) in [4.78, 5) is 15.0. The summed E-state index contributed by atoms with van der Waals surface area (Å²) in [6, 6.07) is 80.1. The van der Waals surface area contributed by atoms with Gasteiger partial charge in [-0.05, 0) is 100 Å². The van der Waals surface area contributed by atoms with Crippen LogP contribution in [-0.2, 0) is 0 Å². The molecule has 0 saturated carbocycles. The van der Waals surface area contributed by atoms with Gasteiger partial charge in [0.05, 0.1) is 0 Å². The van der Waals surface area contributed by atoms with Crippen molar-refractivity contribution in [2.45, 2.75) is 0 Å². The van der Waals surface area contributed by atoms with Gasteiger partial charge < -0.3 is 0 Å². The van der Waals surface area contributed by atoms with Crippen LogP contribution >= 0.6 is 0 Å². The number of rotatable bonds is 7. The van der Waals surface area contributed by atoms with E-state index in [1.165, 1.54) is 77.2 Å². The van der Waals surface area contributed by atoms with Crippen LogP contribution in [0.4, 0.5) is 0 Å². The van der Waals surface area contributed by atoms with E-state index in [2.05, 4.69) is 188 Å². The van der Waals surface area contributed by atoms with Crippen molar-refractivity contribution in [2.75, 3.05) is 0 Å². The first-order valence-electron chi connectivity index (χ1n) is 21.1. The molecule has 0 spiro atoms. The molecule has 10 aromatic carbocycles. The molecule has 12 rings (SSSR count). The Morgan fingerprint density at radius 2 is 0.613 bits per heavy atom. The van der Waals surface area contributed by atoms with Crippen LogP contribution in [0.25, 0.3) is 122 Å². The standard InChI is InChI=1S/C59H37N3/c1-3-12-38(13-4-1)39-24-30-44(31-25-39)58-60-57(43-14-5-2-6-15-43)61-59(62-58)45-32-28-42(29-33-45)55-37-47(36-46-16-7-8-17-48(46)55)40-22-26-41(27-23-40)49-34-35-54-51-19-10-9-18-50(51)53-21-11-20-52(49)56(53)54/h1-37H. The number of nitrogens with zero attached hydrogens (tertiary/aromatic N) is 3. The second-order valence-electron chi connectivity index (χ2n) is 15.9. The fourth-order valence-electron chi connectivity index (χ4n) is 9.21. The topological polar surface area (TPSA) is 38.7 Å². The number of aromatic nitrogens is 3. The van der Waals surface area contributed by atoms with Crippen molar-refractivity contribution >= 4 is 21.5 Å². The van der Waals surface area contributed by atoms with Crippen LogP contribution in [0.2, 0.25) is 0 Å². The summed E-state index contributed by atoms with van der Waals surface area (Å²) in [5.74, 6) is 1.92. The SMILES string of the molecule is c1ccc(-c2ccc(-c3nc(-c4ccccc4)nc(-c4ccc(-c5cc(-c6ccc(-c7ccc8c9c(cccc79)-c7ccccc7-8)cc6)cc6ccccc56)cc4)n3)cc2)cc1. The molecule has 1 heterocycles. The lowest BCUT2D eigenvalue weighted by Gasteiger charge is -2.13. The van der Waals surface area contributed by atoms with Crippen molar-refractivity contribution < 1.29 is 0 Å². The quantitative estimate of drug-likeness (QED) is 0.161. The Bertz CT molecular complexity index is 3440. The molecule has 1 aromatic heterocycles. The molecular formula is C59H37N3. The third-order valence-electron chi connectivity index (χ3n) is 12.3. The minimum Gasteiger partial charge on any atom is -0.208 e. The van der Waals surface area contributed by atoms with Crippen LogP contribution in [0, 0.1) is 0 Å². The van der Waals surface area contributed by atoms with E-state index in [1.807, 2.05) is 36.4 Å². The fraction of sp³-hybridized carbons (Fsp3) is 0. The molecule has 0 N–H and O–H groups in total. The Labute approximate surface area is 360 Å². The van der Waals surface area contributed by atoms with Gasteiger partial charge in [-0.1, -0.05) is 212 Å². The van der Waals surface area contributed by atoms with E-state index in [9.17, 15) is 0 Å². The van der Waals surface area contributed by atoms with Gasteiger partial charge in [0.1, 0.15) is 0 Å². The van der Waals surface area contributed by atoms with E-state index in [-0.39, 0.29) is 0 Å². The summed E-state index contributed by atoms with van der Waals surface area (Å²) in [5.41, 5.74) is 17.6. The molecule has 288 valence electrons. The van der Waals surface area contributed by atoms with Crippen molar-refractivity contribution in [2.24, 2.45) is 0 Å². The van der Waals surface area contributed by atoms with Gasteiger partial charge in [0.2, 0.25) is 0 Å². The monoisotopic (exact) mass is 787 g/mol. The summed E-state index contributed by atoms with van der Waals surface area (Å²) in [5, 5.41) is 5.06. The van der Waals surface area contributed by atoms with Crippen LogP contribution in [-0.4, -0.2) is 15.0 Å². The van der Waals surface area contributed by atoms with Crippen molar-refractivity contribution in [3.05, 3.63) is 224 Å². The highest BCUT2D eigenvalue weighted by atomic mass is 15.0. The highest BCUT2D eigenvalue weighted by molar-refractivity contribution is 6.18. The lowest BCUT2D eigenvalue weighted by Crippen LogP contribution is -2.00. The molecule has 0 amide bonds. The molecule has 11 aromatic rings. The number of hydrogen-bond donors (Lipinski definition) is 0. The minimum atomic E-state index is 0.635. The van der Waals surface area contributed by atoms with Crippen LogP contribution in [0.15, 0.2) is 224 Å². The molecule has 3 nitrogen and oxygen atoms in total. The maximum atomic E-state index is 5.05. The van der Waals surface area contributed by atoms with Gasteiger partial charge in [-0.3, -0.25) is 0 Å². The molecule has 1 aliphatic rings. The lowest BCUT2D eigenvalue weighted by atomic mass is 9.91. The fourth-order valence-corrected chi connectivity index (χ4v) is 9.21. The summed E-state index contributed by atoms with van der Waals surface area (Å²) in [7, 11) is 0. The third kappa shape index (κ3) is 6.18. The molecular weight excluding hydrogens is 751 g/mol. The van der Waals surface area contributed by atoms with Gasteiger partial charge in [-0.25, -0.2) is 15.0 Å². The van der Waals surface area contributed by atoms with Crippen LogP contribution in [0.1, 0.15) is 0 Å². The zero-order valence-corrected chi connectivity index (χ0v) is 33.7. The Kier molecular flexibility index (Phi) is 8.50. The molecule has 0 radical (unpaired) electrons. The van der Waals surface area contributed by atoms with Crippen molar-refractivity contribution in [3.63, 3.8) is 0 Å². The Balaban J connectivity index is 0.891. The zero-order valence-electron chi connectivity index (χ0n) is 33.7. The number of benzene rings is 10. The van der Waals surface area contributed by atoms with Crippen molar-refractivity contribution in [3.8, 4) is 101 Å². The van der Waals surface area contributed by atoms with Gasteiger partial charge >= 0.3 is 0 Å². The summed E-state index contributed by atoms with van der Waals surface area (Å²) in [6.45, 7) is 0. The van der Waals surface area contributed by atoms with Crippen molar-refractivity contribution in [1.29, 1.82) is 0 Å². The van der Waals surface area contributed by atoms with Gasteiger partial charge in [0, 0.05) is 16.7 Å². The van der Waals surface area contributed by atoms with Crippen LogP contribution < -0.4 is 0 Å². The Hall–Kier alpha value is -8.27. The Morgan fingerprint density at radius 1 is 0.210 bits per heavy atom. The van der Waals surface area contributed by atoms with Gasteiger partial charge in [0.15, 0.2) is 17.5 Å². The average molecular weight is 788 g/mol. The highest BCUT2D eigenvalue weighted by Gasteiger charge is 2.22. The molecule has 62 heavy (non-hydrogen) atoms. The van der Waals surface area contributed by atoms with E-state index >= 15 is 0 Å². The maximum Gasteiger partial charge on any atom is 0.164 e. The summed E-state index contributed by atoms with van der Waals surface area (Å²) >= 11 is 0. The van der Waals surface area contributed by atoms with E-state index in [0.717, 1.165) is 27.8 Å². The predicted molar refractivity (Wildman–Crippen MR) is 257 cm³/mol. The molecule has 0 aliphatic heterocycles. The molecule has 0 atom stereocenters. The normalized spacial score (nSPS) is 11.5. The third-order valence-corrected chi connectivity index (χ3v) is 12.3. The second kappa shape index (κ2) is 14.8. The van der Waals surface area contributed by atoms with E-state index in [0.29, 0.717) is 17.5 Å². The number of hydrogen-bond acceptors (Lipinski definition) is 3. The lowest BCUT2D eigenvalue weighted by molar-refractivity contribution is 1.07. The van der Waals surface area contributed by atoms with Crippen molar-refractivity contribution in [1.82, 2.24) is 15.0 Å². The molecule has 0 unspecified atom stereocenters.